The first-order valence-corrected chi connectivity index (χ1v) is 5.28. The number of hydrogen-bond donors (Lipinski definition) is 3. The number of aliphatic carboxylic acids is 1. The first kappa shape index (κ1) is 10.8. The molecule has 1 aromatic rings. The van der Waals surface area contributed by atoms with Gasteiger partial charge in [0.05, 0.1) is 6.42 Å². The highest BCUT2D eigenvalue weighted by molar-refractivity contribution is 5.70. The lowest BCUT2D eigenvalue weighted by atomic mass is 9.62. The minimum absolute atomic E-state index is 0.00398. The Labute approximate surface area is 93.2 Å². The Morgan fingerprint density at radius 3 is 2.50 bits per heavy atom. The Hall–Kier alpha value is -1.71. The molecule has 1 saturated carbocycles. The van der Waals surface area contributed by atoms with Crippen LogP contribution in [0.2, 0.25) is 0 Å². The van der Waals surface area contributed by atoms with E-state index >= 15 is 0 Å². The zero-order chi connectivity index (χ0) is 11.8. The van der Waals surface area contributed by atoms with E-state index in [0.29, 0.717) is 5.56 Å². The zero-order valence-corrected chi connectivity index (χ0v) is 8.81. The minimum atomic E-state index is -0.873. The number of rotatable bonds is 3. The van der Waals surface area contributed by atoms with Crippen LogP contribution in [0.3, 0.4) is 0 Å². The average Bonchev–Trinajstić information content (AvgIpc) is 2.15. The van der Waals surface area contributed by atoms with Gasteiger partial charge in [-0.3, -0.25) is 4.79 Å². The van der Waals surface area contributed by atoms with Crippen LogP contribution in [0.5, 0.6) is 11.5 Å². The highest BCUT2D eigenvalue weighted by Crippen LogP contribution is 2.50. The fourth-order valence-corrected chi connectivity index (χ4v) is 2.38. The summed E-state index contributed by atoms with van der Waals surface area (Å²) < 4.78 is 0. The van der Waals surface area contributed by atoms with Crippen molar-refractivity contribution in [2.45, 2.75) is 31.1 Å². The molecule has 0 spiro atoms. The molecule has 1 aliphatic carbocycles. The summed E-state index contributed by atoms with van der Waals surface area (Å²) in [6.07, 6.45) is 2.46. The lowest BCUT2D eigenvalue weighted by Gasteiger charge is -2.41. The van der Waals surface area contributed by atoms with Crippen molar-refractivity contribution >= 4 is 5.97 Å². The molecule has 0 atom stereocenters. The van der Waals surface area contributed by atoms with Crippen LogP contribution in [0.15, 0.2) is 18.2 Å². The normalized spacial score (nSPS) is 17.8. The van der Waals surface area contributed by atoms with E-state index in [4.69, 9.17) is 5.11 Å². The van der Waals surface area contributed by atoms with Gasteiger partial charge >= 0.3 is 5.97 Å². The highest BCUT2D eigenvalue weighted by atomic mass is 16.4. The smallest absolute Gasteiger partial charge is 0.304 e. The first-order chi connectivity index (χ1) is 7.53. The molecule has 0 amide bonds. The third kappa shape index (κ3) is 1.71. The second-order valence-electron chi connectivity index (χ2n) is 4.41. The molecule has 1 aliphatic rings. The number of hydrogen-bond acceptors (Lipinski definition) is 3. The number of carboxylic acid groups (broad SMARTS) is 1. The van der Waals surface area contributed by atoms with Gasteiger partial charge in [0.2, 0.25) is 0 Å². The Bertz CT molecular complexity index is 421. The Morgan fingerprint density at radius 1 is 1.31 bits per heavy atom. The van der Waals surface area contributed by atoms with Crippen LogP contribution in [-0.2, 0) is 10.2 Å². The van der Waals surface area contributed by atoms with Crippen molar-refractivity contribution in [3.63, 3.8) is 0 Å². The van der Waals surface area contributed by atoms with E-state index in [-0.39, 0.29) is 17.9 Å². The molecule has 1 aromatic carbocycles. The standard InChI is InChI=1S/C12H14O4/c13-8-2-3-10(14)9(6-8)12(4-1-5-12)7-11(15)16/h2-3,6,13-14H,1,4-5,7H2,(H,15,16). The van der Waals surface area contributed by atoms with E-state index in [1.165, 1.54) is 18.2 Å². The molecule has 0 bridgehead atoms. The molecule has 4 nitrogen and oxygen atoms in total. The van der Waals surface area contributed by atoms with Crippen LogP contribution >= 0.6 is 0 Å². The summed E-state index contributed by atoms with van der Waals surface area (Å²) in [5, 5.41) is 28.0. The van der Waals surface area contributed by atoms with Gasteiger partial charge in [-0.15, -0.1) is 0 Å². The number of benzene rings is 1. The summed E-state index contributed by atoms with van der Waals surface area (Å²) in [7, 11) is 0. The Balaban J connectivity index is 2.39. The summed E-state index contributed by atoms with van der Waals surface area (Å²) in [4.78, 5) is 10.8. The highest BCUT2D eigenvalue weighted by Gasteiger charge is 2.42. The van der Waals surface area contributed by atoms with Crippen LogP contribution in [0, 0.1) is 0 Å². The molecule has 0 heterocycles. The molecule has 3 N–H and O–H groups in total. The fraction of sp³-hybridized carbons (Fsp3) is 0.417. The summed E-state index contributed by atoms with van der Waals surface area (Å²) in [5.41, 5.74) is 0.0652. The SMILES string of the molecule is O=C(O)CC1(c2cc(O)ccc2O)CCC1. The van der Waals surface area contributed by atoms with Crippen LogP contribution in [0.1, 0.15) is 31.2 Å². The minimum Gasteiger partial charge on any atom is -0.508 e. The molecule has 2 rings (SSSR count). The molecular formula is C12H14O4. The predicted octanol–water partition coefficient (Wildman–Crippen LogP) is 1.99. The second kappa shape index (κ2) is 3.70. The maximum Gasteiger partial charge on any atom is 0.304 e. The second-order valence-corrected chi connectivity index (χ2v) is 4.41. The van der Waals surface area contributed by atoms with Crippen molar-refractivity contribution in [1.29, 1.82) is 0 Å². The molecule has 1 fully saturated rings. The Morgan fingerprint density at radius 2 is 2.00 bits per heavy atom. The van der Waals surface area contributed by atoms with Gasteiger partial charge in [0.15, 0.2) is 0 Å². The van der Waals surface area contributed by atoms with Gasteiger partial charge in [-0.25, -0.2) is 0 Å². The van der Waals surface area contributed by atoms with E-state index in [1.54, 1.807) is 0 Å². The maximum absolute atomic E-state index is 10.8. The van der Waals surface area contributed by atoms with Gasteiger partial charge in [-0.1, -0.05) is 6.42 Å². The zero-order valence-electron chi connectivity index (χ0n) is 8.81. The topological polar surface area (TPSA) is 77.8 Å². The van der Waals surface area contributed by atoms with E-state index in [0.717, 1.165) is 19.3 Å². The fourth-order valence-electron chi connectivity index (χ4n) is 2.38. The van der Waals surface area contributed by atoms with E-state index in [1.807, 2.05) is 0 Å². The number of phenolic OH excluding ortho intramolecular Hbond substituents is 2. The van der Waals surface area contributed by atoms with Crippen LogP contribution in [0.4, 0.5) is 0 Å². The van der Waals surface area contributed by atoms with Crippen molar-refractivity contribution < 1.29 is 20.1 Å². The molecular weight excluding hydrogens is 208 g/mol. The number of phenols is 2. The third-order valence-electron chi connectivity index (χ3n) is 3.35. The van der Waals surface area contributed by atoms with Gasteiger partial charge in [0.1, 0.15) is 11.5 Å². The Kier molecular flexibility index (Phi) is 2.50. The third-order valence-corrected chi connectivity index (χ3v) is 3.35. The number of carbonyl (C=O) groups is 1. The summed E-state index contributed by atoms with van der Waals surface area (Å²) in [6.45, 7) is 0. The molecule has 0 aliphatic heterocycles. The van der Waals surface area contributed by atoms with Gasteiger partial charge in [0.25, 0.3) is 0 Å². The van der Waals surface area contributed by atoms with Crippen LogP contribution < -0.4 is 0 Å². The van der Waals surface area contributed by atoms with Crippen LogP contribution in [-0.4, -0.2) is 21.3 Å². The van der Waals surface area contributed by atoms with Gasteiger partial charge in [-0.2, -0.15) is 0 Å². The van der Waals surface area contributed by atoms with E-state index in [2.05, 4.69) is 0 Å². The molecule has 4 heteroatoms. The molecule has 0 saturated heterocycles. The predicted molar refractivity (Wildman–Crippen MR) is 57.6 cm³/mol. The summed E-state index contributed by atoms with van der Waals surface area (Å²) in [6, 6.07) is 4.27. The lowest BCUT2D eigenvalue weighted by molar-refractivity contribution is -0.139. The van der Waals surface area contributed by atoms with E-state index < -0.39 is 11.4 Å². The van der Waals surface area contributed by atoms with Gasteiger partial charge < -0.3 is 15.3 Å². The van der Waals surface area contributed by atoms with Gasteiger partial charge in [-0.05, 0) is 31.0 Å². The number of aromatic hydroxyl groups is 2. The largest absolute Gasteiger partial charge is 0.508 e. The molecule has 16 heavy (non-hydrogen) atoms. The lowest BCUT2D eigenvalue weighted by Crippen LogP contribution is -2.36. The molecule has 0 unspecified atom stereocenters. The number of carboxylic acids is 1. The summed E-state index contributed by atoms with van der Waals surface area (Å²) >= 11 is 0. The van der Waals surface area contributed by atoms with Crippen molar-refractivity contribution in [3.8, 4) is 11.5 Å². The molecule has 0 aromatic heterocycles. The monoisotopic (exact) mass is 222 g/mol. The van der Waals surface area contributed by atoms with Crippen molar-refractivity contribution in [2.75, 3.05) is 0 Å². The summed E-state index contributed by atoms with van der Waals surface area (Å²) in [5.74, 6) is -0.745. The van der Waals surface area contributed by atoms with Crippen LogP contribution in [0.25, 0.3) is 0 Å². The van der Waals surface area contributed by atoms with Gasteiger partial charge in [0, 0.05) is 11.0 Å². The van der Waals surface area contributed by atoms with Crippen molar-refractivity contribution in [1.82, 2.24) is 0 Å². The maximum atomic E-state index is 10.8. The van der Waals surface area contributed by atoms with Crippen molar-refractivity contribution in [2.24, 2.45) is 0 Å². The van der Waals surface area contributed by atoms with E-state index in [9.17, 15) is 15.0 Å². The first-order valence-electron chi connectivity index (χ1n) is 5.28. The van der Waals surface area contributed by atoms with Crippen molar-refractivity contribution in [3.05, 3.63) is 23.8 Å². The quantitative estimate of drug-likeness (QED) is 0.683. The molecule has 0 radical (unpaired) electrons. The average molecular weight is 222 g/mol. The molecule has 86 valence electrons.